The zero-order valence-electron chi connectivity index (χ0n) is 13.2. The Morgan fingerprint density at radius 1 is 1.38 bits per heavy atom. The minimum absolute atomic E-state index is 0.144. The Hall–Kier alpha value is -1.14. The van der Waals surface area contributed by atoms with E-state index in [1.165, 1.54) is 0 Å². The Kier molecular flexibility index (Phi) is 5.22. The summed E-state index contributed by atoms with van der Waals surface area (Å²) in [5, 5.41) is 3.26. The van der Waals surface area contributed by atoms with Crippen LogP contribution in [0.4, 0.5) is 0 Å². The van der Waals surface area contributed by atoms with Gasteiger partial charge in [-0.1, -0.05) is 20.8 Å². The smallest absolute Gasteiger partial charge is 0.357 e. The standard InChI is InChI=1S/C15H23N3O2S/c1-5-20-14(19)13-10-8-16-7-6-11(10)17-12(18-13)9-21-15(2,3)4/h16H,5-9H2,1-4H3. The SMILES string of the molecule is CCOC(=O)c1nc(CSC(C)(C)C)nc2c1CNCC2. The minimum atomic E-state index is -0.346. The molecule has 5 nitrogen and oxygen atoms in total. The highest BCUT2D eigenvalue weighted by Crippen LogP contribution is 2.27. The van der Waals surface area contributed by atoms with Crippen LogP contribution in [0.2, 0.25) is 0 Å². The summed E-state index contributed by atoms with van der Waals surface area (Å²) in [7, 11) is 0. The summed E-state index contributed by atoms with van der Waals surface area (Å²) in [6.45, 7) is 10.2. The van der Waals surface area contributed by atoms with Gasteiger partial charge in [0.1, 0.15) is 5.82 Å². The van der Waals surface area contributed by atoms with E-state index in [-0.39, 0.29) is 10.7 Å². The molecule has 1 aliphatic rings. The average molecular weight is 309 g/mol. The van der Waals surface area contributed by atoms with E-state index in [4.69, 9.17) is 4.74 Å². The van der Waals surface area contributed by atoms with E-state index in [0.29, 0.717) is 24.6 Å². The van der Waals surface area contributed by atoms with Crippen molar-refractivity contribution in [2.24, 2.45) is 0 Å². The molecule has 0 amide bonds. The molecule has 21 heavy (non-hydrogen) atoms. The van der Waals surface area contributed by atoms with Crippen LogP contribution in [0.3, 0.4) is 0 Å². The molecule has 6 heteroatoms. The maximum atomic E-state index is 12.1. The number of fused-ring (bicyclic) bond motifs is 1. The summed E-state index contributed by atoms with van der Waals surface area (Å²) in [5.41, 5.74) is 2.30. The first-order valence-electron chi connectivity index (χ1n) is 7.31. The molecule has 0 saturated carbocycles. The van der Waals surface area contributed by atoms with Gasteiger partial charge in [-0.05, 0) is 6.92 Å². The fourth-order valence-electron chi connectivity index (χ4n) is 2.11. The average Bonchev–Trinajstić information content (AvgIpc) is 2.43. The third kappa shape index (κ3) is 4.41. The van der Waals surface area contributed by atoms with Crippen LogP contribution in [-0.2, 0) is 23.5 Å². The molecule has 1 aliphatic heterocycles. The molecule has 2 heterocycles. The molecule has 0 atom stereocenters. The third-order valence-electron chi connectivity index (χ3n) is 3.08. The van der Waals surface area contributed by atoms with E-state index in [1.54, 1.807) is 18.7 Å². The lowest BCUT2D eigenvalue weighted by Crippen LogP contribution is -2.29. The number of esters is 1. The lowest BCUT2D eigenvalue weighted by Gasteiger charge is -2.21. The van der Waals surface area contributed by atoms with Crippen molar-refractivity contribution in [2.45, 2.75) is 51.2 Å². The van der Waals surface area contributed by atoms with E-state index < -0.39 is 0 Å². The Balaban J connectivity index is 2.30. The van der Waals surface area contributed by atoms with E-state index in [0.717, 1.165) is 30.0 Å². The summed E-state index contributed by atoms with van der Waals surface area (Å²) >= 11 is 1.78. The number of carbonyl (C=O) groups is 1. The van der Waals surface area contributed by atoms with E-state index in [9.17, 15) is 4.79 Å². The highest BCUT2D eigenvalue weighted by molar-refractivity contribution is 7.99. The van der Waals surface area contributed by atoms with Gasteiger partial charge in [0.25, 0.3) is 0 Å². The van der Waals surface area contributed by atoms with Gasteiger partial charge in [0.05, 0.1) is 18.1 Å². The first-order chi connectivity index (χ1) is 9.90. The van der Waals surface area contributed by atoms with Crippen molar-refractivity contribution < 1.29 is 9.53 Å². The maximum absolute atomic E-state index is 12.1. The molecular weight excluding hydrogens is 286 g/mol. The van der Waals surface area contributed by atoms with Crippen LogP contribution < -0.4 is 5.32 Å². The number of nitrogens with one attached hydrogen (secondary N) is 1. The molecule has 1 aromatic rings. The molecule has 2 rings (SSSR count). The highest BCUT2D eigenvalue weighted by Gasteiger charge is 2.23. The van der Waals surface area contributed by atoms with Crippen LogP contribution in [0.1, 0.15) is 55.3 Å². The predicted molar refractivity (Wildman–Crippen MR) is 84.4 cm³/mol. The zero-order chi connectivity index (χ0) is 15.5. The van der Waals surface area contributed by atoms with Crippen molar-refractivity contribution in [3.05, 3.63) is 22.8 Å². The summed E-state index contributed by atoms with van der Waals surface area (Å²) in [4.78, 5) is 21.2. The largest absolute Gasteiger partial charge is 0.461 e. The van der Waals surface area contributed by atoms with Crippen molar-refractivity contribution >= 4 is 17.7 Å². The number of carbonyl (C=O) groups excluding carboxylic acids is 1. The van der Waals surface area contributed by atoms with Crippen LogP contribution in [0.15, 0.2) is 0 Å². The van der Waals surface area contributed by atoms with Gasteiger partial charge in [-0.2, -0.15) is 0 Å². The Labute approximate surface area is 130 Å². The normalized spacial score (nSPS) is 14.7. The topological polar surface area (TPSA) is 64.1 Å². The van der Waals surface area contributed by atoms with Crippen LogP contribution >= 0.6 is 11.8 Å². The van der Waals surface area contributed by atoms with Crippen molar-refractivity contribution in [2.75, 3.05) is 13.2 Å². The monoisotopic (exact) mass is 309 g/mol. The molecule has 0 aliphatic carbocycles. The lowest BCUT2D eigenvalue weighted by molar-refractivity contribution is 0.0516. The number of hydrogen-bond acceptors (Lipinski definition) is 6. The lowest BCUT2D eigenvalue weighted by atomic mass is 10.1. The predicted octanol–water partition coefficient (Wildman–Crippen LogP) is 2.33. The van der Waals surface area contributed by atoms with Crippen LogP contribution in [0.5, 0.6) is 0 Å². The molecule has 0 saturated heterocycles. The van der Waals surface area contributed by atoms with E-state index in [2.05, 4.69) is 36.1 Å². The van der Waals surface area contributed by atoms with Gasteiger partial charge in [-0.15, -0.1) is 11.8 Å². The summed E-state index contributed by atoms with van der Waals surface area (Å²) in [6.07, 6.45) is 0.831. The van der Waals surface area contributed by atoms with Gasteiger partial charge >= 0.3 is 5.97 Å². The first kappa shape index (κ1) is 16.2. The number of hydrogen-bond donors (Lipinski definition) is 1. The van der Waals surface area contributed by atoms with E-state index in [1.807, 2.05) is 0 Å². The molecule has 0 unspecified atom stereocenters. The molecule has 1 aromatic heterocycles. The highest BCUT2D eigenvalue weighted by atomic mass is 32.2. The Bertz CT molecular complexity index is 526. The number of rotatable bonds is 4. The van der Waals surface area contributed by atoms with Crippen molar-refractivity contribution in [1.82, 2.24) is 15.3 Å². The van der Waals surface area contributed by atoms with Crippen molar-refractivity contribution in [1.29, 1.82) is 0 Å². The molecule has 0 bridgehead atoms. The van der Waals surface area contributed by atoms with Gasteiger partial charge in [0.15, 0.2) is 5.69 Å². The zero-order valence-corrected chi connectivity index (χ0v) is 14.0. The van der Waals surface area contributed by atoms with E-state index >= 15 is 0 Å². The summed E-state index contributed by atoms with van der Waals surface area (Å²) < 4.78 is 5.27. The molecule has 0 radical (unpaired) electrons. The number of aromatic nitrogens is 2. The van der Waals surface area contributed by atoms with Gasteiger partial charge in [0, 0.05) is 29.8 Å². The van der Waals surface area contributed by atoms with Crippen LogP contribution in [0, 0.1) is 0 Å². The fraction of sp³-hybridized carbons (Fsp3) is 0.667. The molecular formula is C15H23N3O2S. The first-order valence-corrected chi connectivity index (χ1v) is 8.29. The second-order valence-electron chi connectivity index (χ2n) is 5.96. The Morgan fingerprint density at radius 2 is 2.14 bits per heavy atom. The molecule has 1 N–H and O–H groups in total. The Morgan fingerprint density at radius 3 is 2.81 bits per heavy atom. The fourth-order valence-corrected chi connectivity index (χ4v) is 2.80. The number of nitrogens with zero attached hydrogens (tertiary/aromatic N) is 2. The van der Waals surface area contributed by atoms with Gasteiger partial charge in [-0.25, -0.2) is 14.8 Å². The quantitative estimate of drug-likeness (QED) is 0.861. The molecule has 0 aromatic carbocycles. The molecule has 116 valence electrons. The summed E-state index contributed by atoms with van der Waals surface area (Å²) in [6, 6.07) is 0. The molecule has 0 fully saturated rings. The van der Waals surface area contributed by atoms with Crippen molar-refractivity contribution in [3.8, 4) is 0 Å². The summed E-state index contributed by atoms with van der Waals surface area (Å²) in [5.74, 6) is 1.08. The number of ether oxygens (including phenoxy) is 1. The van der Waals surface area contributed by atoms with Gasteiger partial charge in [0.2, 0.25) is 0 Å². The second-order valence-corrected chi connectivity index (χ2v) is 7.76. The van der Waals surface area contributed by atoms with Crippen molar-refractivity contribution in [3.63, 3.8) is 0 Å². The minimum Gasteiger partial charge on any atom is -0.461 e. The third-order valence-corrected chi connectivity index (χ3v) is 4.35. The van der Waals surface area contributed by atoms with Crippen LogP contribution in [-0.4, -0.2) is 33.8 Å². The van der Waals surface area contributed by atoms with Crippen LogP contribution in [0.25, 0.3) is 0 Å². The molecule has 0 spiro atoms. The van der Waals surface area contributed by atoms with Gasteiger partial charge < -0.3 is 10.1 Å². The number of thioether (sulfide) groups is 1. The maximum Gasteiger partial charge on any atom is 0.357 e. The second kappa shape index (κ2) is 6.75. The van der Waals surface area contributed by atoms with Gasteiger partial charge in [-0.3, -0.25) is 0 Å².